The molecule has 0 unspecified atom stereocenters. The molecule has 0 bridgehead atoms. The minimum absolute atomic E-state index is 0.0979. The Bertz CT molecular complexity index is 6320. The normalized spacial score (nSPS) is 13.4. The van der Waals surface area contributed by atoms with E-state index in [1.807, 2.05) is 0 Å². The lowest BCUT2D eigenvalue weighted by Gasteiger charge is -2.24. The maximum Gasteiger partial charge on any atom is 0.0161 e. The van der Waals surface area contributed by atoms with E-state index < -0.39 is 0 Å². The minimum atomic E-state index is 0.0979. The molecule has 0 heterocycles. The topological polar surface area (TPSA) is 0 Å². The van der Waals surface area contributed by atoms with Crippen LogP contribution in [0.25, 0.3) is 88.7 Å². The van der Waals surface area contributed by atoms with Gasteiger partial charge in [0.05, 0.1) is 0 Å². The lowest BCUT2D eigenvalue weighted by atomic mass is 9.79. The largest absolute Gasteiger partial charge is 0.0619 e. The summed E-state index contributed by atoms with van der Waals surface area (Å²) in [6.45, 7) is 62.4. The van der Waals surface area contributed by atoms with E-state index in [4.69, 9.17) is 0 Å². The third-order valence-electron chi connectivity index (χ3n) is 26.3. The maximum absolute atomic E-state index is 2.38. The van der Waals surface area contributed by atoms with Crippen molar-refractivity contribution in [2.75, 3.05) is 0 Å². The maximum atomic E-state index is 2.38. The van der Waals surface area contributed by atoms with Crippen molar-refractivity contribution in [3.05, 3.63) is 423 Å². The molecule has 120 heavy (non-hydrogen) atoms. The molecule has 0 amide bonds. The Balaban J connectivity index is 0.000000121. The van der Waals surface area contributed by atoms with Crippen LogP contribution in [-0.2, 0) is 21.7 Å². The molecule has 0 nitrogen and oxygen atoms in total. The van der Waals surface area contributed by atoms with Gasteiger partial charge in [-0.15, -0.1) is 0 Å². The Morgan fingerprint density at radius 2 is 0.525 bits per heavy atom. The van der Waals surface area contributed by atoms with Crippen molar-refractivity contribution < 1.29 is 0 Å². The standard InChI is InChI=1S/C20H18.2C18H20.C17H18.C17H20.2C15H16/c1-13-8-9-16-17-11-14-6-4-5-7-15(14)12-19(17)20(2,3)18(16)10-13;1-11-6-7-14-15-9-12(2)8-13(3)17(15)18(4,5)16(14)10-11;1-11-10-15-14-8-6-7-9-16(14)18(4,5)17(15)13(3)12(11)2;1-11-9-12(2)16-13-7-5-6-8-14(13)17(3,4)15(16)10-11;1-11-6-12(2)10-16(9-11)17-14(4)7-13(3)8-15(17)5;1-11-4-6-14(7-5-11)15-9-12(2)8-13(3)10-15;1-11-7-9-14(10-8-11)15-12(2)5-4-6-13(15)3/h4-12H,1-3H3;2*6-10H,1-5H3;5-10H,1-4H3;6-10H,1-5H3;2*4-10H,1-3H3. The van der Waals surface area contributed by atoms with Gasteiger partial charge in [0.25, 0.3) is 0 Å². The summed E-state index contributed by atoms with van der Waals surface area (Å²) in [6.07, 6.45) is 0. The van der Waals surface area contributed by atoms with Crippen molar-refractivity contribution >= 4 is 10.8 Å². The zero-order valence-corrected chi connectivity index (χ0v) is 77.4. The molecule has 0 saturated carbocycles. The van der Waals surface area contributed by atoms with Crippen LogP contribution >= 0.6 is 0 Å². The van der Waals surface area contributed by atoms with Crippen LogP contribution in [0, 0.1) is 138 Å². The van der Waals surface area contributed by atoms with Gasteiger partial charge in [-0.2, -0.15) is 0 Å². The monoisotopic (exact) mass is 1570 g/mol. The SMILES string of the molecule is Cc1cc(C)c2c(c1)-c1ccc(C)cc1C2(C)C.Cc1cc(C)c2c(c1)C(C)(C)c1ccccc1-2.Cc1cc(C)cc(-c2c(C)cc(C)cc2C)c1.Cc1cc2c(c(C)c1C)C(C)(C)c1ccccc1-2.Cc1ccc(-c2c(C)cccc2C)cc1.Cc1ccc(-c2cc(C)cc(C)c2)cc1.Cc1ccc2c(c1)C(C)(C)c1cc3ccccc3cc1-2. The van der Waals surface area contributed by atoms with Crippen molar-refractivity contribution in [3.8, 4) is 77.9 Å². The van der Waals surface area contributed by atoms with Crippen LogP contribution in [0.1, 0.15) is 211 Å². The van der Waals surface area contributed by atoms with Crippen molar-refractivity contribution in [1.29, 1.82) is 0 Å². The molecule has 4 aliphatic rings. The Kier molecular flexibility index (Phi) is 24.7. The molecule has 0 spiro atoms. The first-order valence-electron chi connectivity index (χ1n) is 43.5. The third kappa shape index (κ3) is 17.4. The molecule has 0 N–H and O–H groups in total. The second kappa shape index (κ2) is 34.4. The van der Waals surface area contributed by atoms with Crippen LogP contribution in [-0.4, -0.2) is 0 Å². The highest BCUT2D eigenvalue weighted by Gasteiger charge is 2.40. The Morgan fingerprint density at radius 3 is 1.07 bits per heavy atom. The first kappa shape index (κ1) is 86.4. The molecule has 0 fully saturated rings. The molecule has 0 atom stereocenters. The van der Waals surface area contributed by atoms with Gasteiger partial charge in [0.15, 0.2) is 0 Å². The van der Waals surface area contributed by atoms with Crippen LogP contribution in [0.2, 0.25) is 0 Å². The summed E-state index contributed by atoms with van der Waals surface area (Å²) in [5, 5.41) is 2.67. The Hall–Kier alpha value is -11.4. The van der Waals surface area contributed by atoms with Gasteiger partial charge in [0.1, 0.15) is 0 Å². The van der Waals surface area contributed by atoms with Gasteiger partial charge in [-0.3, -0.25) is 0 Å². The quantitative estimate of drug-likeness (QED) is 0.165. The fourth-order valence-electron chi connectivity index (χ4n) is 20.4. The number of aryl methyl sites for hydroxylation is 18. The van der Waals surface area contributed by atoms with E-state index in [1.165, 1.54) is 244 Å². The van der Waals surface area contributed by atoms with Crippen molar-refractivity contribution in [2.24, 2.45) is 0 Å². The predicted molar refractivity (Wildman–Crippen MR) is 524 cm³/mol. The fraction of sp³-hybridized carbons (Fsp3) is 0.267. The molecule has 0 heteroatoms. The summed E-state index contributed by atoms with van der Waals surface area (Å²) >= 11 is 0. The number of benzene rings is 15. The lowest BCUT2D eigenvalue weighted by Crippen LogP contribution is -2.17. The summed E-state index contributed by atoms with van der Waals surface area (Å²) in [5.41, 5.74) is 59.0. The van der Waals surface area contributed by atoms with Crippen LogP contribution in [0.15, 0.2) is 267 Å². The highest BCUT2D eigenvalue weighted by atomic mass is 14.4. The molecular weight excluding hydrogens is 1440 g/mol. The smallest absolute Gasteiger partial charge is 0.0161 e. The molecule has 15 aromatic carbocycles. The summed E-state index contributed by atoms with van der Waals surface area (Å²) in [7, 11) is 0. The highest BCUT2D eigenvalue weighted by Crippen LogP contribution is 2.55. The van der Waals surface area contributed by atoms with Gasteiger partial charge in [-0.25, -0.2) is 0 Å². The van der Waals surface area contributed by atoms with Crippen LogP contribution < -0.4 is 0 Å². The van der Waals surface area contributed by atoms with E-state index in [0.717, 1.165) is 0 Å². The zero-order chi connectivity index (χ0) is 86.5. The number of rotatable bonds is 3. The highest BCUT2D eigenvalue weighted by molar-refractivity contribution is 5.94. The van der Waals surface area contributed by atoms with E-state index in [2.05, 4.69) is 461 Å². The van der Waals surface area contributed by atoms with Gasteiger partial charge in [-0.05, 0) is 334 Å². The van der Waals surface area contributed by atoms with Crippen LogP contribution in [0.5, 0.6) is 0 Å². The fourth-order valence-corrected chi connectivity index (χ4v) is 20.4. The van der Waals surface area contributed by atoms with Crippen molar-refractivity contribution in [2.45, 2.75) is 216 Å². The number of hydrogen-bond acceptors (Lipinski definition) is 0. The molecule has 0 saturated heterocycles. The summed E-state index contributed by atoms with van der Waals surface area (Å²) in [6, 6.07) is 98.2. The molecule has 15 aromatic rings. The molecular formula is C120H128. The zero-order valence-electron chi connectivity index (χ0n) is 77.4. The van der Waals surface area contributed by atoms with Crippen molar-refractivity contribution in [1.82, 2.24) is 0 Å². The van der Waals surface area contributed by atoms with E-state index in [-0.39, 0.29) is 21.7 Å². The third-order valence-corrected chi connectivity index (χ3v) is 26.3. The first-order valence-corrected chi connectivity index (χ1v) is 43.5. The first-order chi connectivity index (χ1) is 56.7. The summed E-state index contributed by atoms with van der Waals surface area (Å²) in [4.78, 5) is 0. The lowest BCUT2D eigenvalue weighted by molar-refractivity contribution is 0.654. The molecule has 0 radical (unpaired) electrons. The molecule has 19 rings (SSSR count). The van der Waals surface area contributed by atoms with Gasteiger partial charge in [0, 0.05) is 21.7 Å². The molecule has 0 aromatic heterocycles. The second-order valence-electron chi connectivity index (χ2n) is 37.8. The van der Waals surface area contributed by atoms with Gasteiger partial charge in [-0.1, -0.05) is 371 Å². The molecule has 0 aliphatic heterocycles. The van der Waals surface area contributed by atoms with Gasteiger partial charge >= 0.3 is 0 Å². The van der Waals surface area contributed by atoms with Gasteiger partial charge in [0.2, 0.25) is 0 Å². The second-order valence-corrected chi connectivity index (χ2v) is 37.8. The van der Waals surface area contributed by atoms with E-state index in [0.29, 0.717) is 0 Å². The van der Waals surface area contributed by atoms with E-state index >= 15 is 0 Å². The van der Waals surface area contributed by atoms with Gasteiger partial charge < -0.3 is 0 Å². The average Bonchev–Trinajstić information content (AvgIpc) is 1.58. The predicted octanol–water partition coefficient (Wildman–Crippen LogP) is 33.4. The van der Waals surface area contributed by atoms with Crippen molar-refractivity contribution in [3.63, 3.8) is 0 Å². The van der Waals surface area contributed by atoms with E-state index in [1.54, 1.807) is 0 Å². The Labute approximate surface area is 722 Å². The number of hydrogen-bond donors (Lipinski definition) is 0. The number of fused-ring (bicyclic) bond motifs is 13. The summed E-state index contributed by atoms with van der Waals surface area (Å²) < 4.78 is 0. The summed E-state index contributed by atoms with van der Waals surface area (Å²) in [5.74, 6) is 0. The molecule has 4 aliphatic carbocycles. The minimum Gasteiger partial charge on any atom is -0.0619 e. The molecule has 608 valence electrons. The van der Waals surface area contributed by atoms with E-state index in [9.17, 15) is 0 Å². The average molecular weight is 1570 g/mol. The van der Waals surface area contributed by atoms with Crippen LogP contribution in [0.4, 0.5) is 0 Å². The Morgan fingerprint density at radius 1 is 0.158 bits per heavy atom. The van der Waals surface area contributed by atoms with Crippen LogP contribution in [0.3, 0.4) is 0 Å².